The molecule has 2 N–H and O–H groups in total. The van der Waals surface area contributed by atoms with Gasteiger partial charge >= 0.3 is 0 Å². The average Bonchev–Trinajstić information content (AvgIpc) is 2.38. The molecule has 3 nitrogen and oxygen atoms in total. The molecular formula is C14H23ClN2O. The summed E-state index contributed by atoms with van der Waals surface area (Å²) in [7, 11) is 0. The summed E-state index contributed by atoms with van der Waals surface area (Å²) in [4.78, 5) is 2.21. The number of likely N-dealkylation sites (N-methyl/N-ethyl adjacent to an activating group) is 1. The monoisotopic (exact) mass is 270 g/mol. The van der Waals surface area contributed by atoms with Crippen LogP contribution in [0.25, 0.3) is 0 Å². The third-order valence-electron chi connectivity index (χ3n) is 3.02. The van der Waals surface area contributed by atoms with Gasteiger partial charge in [-0.2, -0.15) is 0 Å². The first-order chi connectivity index (χ1) is 8.67. The number of aliphatic hydroxyl groups excluding tert-OH is 1. The van der Waals surface area contributed by atoms with E-state index >= 15 is 0 Å². The first-order valence-electron chi connectivity index (χ1n) is 6.51. The van der Waals surface area contributed by atoms with Gasteiger partial charge in [0.15, 0.2) is 0 Å². The Morgan fingerprint density at radius 1 is 1.28 bits per heavy atom. The quantitative estimate of drug-likeness (QED) is 0.760. The zero-order valence-electron chi connectivity index (χ0n) is 11.2. The molecule has 1 atom stereocenters. The van der Waals surface area contributed by atoms with Crippen LogP contribution in [0.4, 0.5) is 0 Å². The van der Waals surface area contributed by atoms with E-state index in [1.54, 1.807) is 0 Å². The van der Waals surface area contributed by atoms with E-state index in [1.165, 1.54) is 0 Å². The molecule has 0 fully saturated rings. The van der Waals surface area contributed by atoms with Crippen LogP contribution in [0, 0.1) is 0 Å². The smallest absolute Gasteiger partial charge is 0.0791 e. The van der Waals surface area contributed by atoms with Gasteiger partial charge in [-0.1, -0.05) is 43.6 Å². The number of rotatable bonds is 8. The fraction of sp³-hybridized carbons (Fsp3) is 0.571. The third kappa shape index (κ3) is 5.36. The summed E-state index contributed by atoms with van der Waals surface area (Å²) in [6.45, 7) is 8.14. The molecule has 0 amide bonds. The summed E-state index contributed by atoms with van der Waals surface area (Å²) in [6, 6.07) is 7.76. The molecule has 1 rings (SSSR count). The van der Waals surface area contributed by atoms with Crippen molar-refractivity contribution in [1.29, 1.82) is 0 Å². The first-order valence-corrected chi connectivity index (χ1v) is 6.89. The molecule has 0 saturated carbocycles. The molecule has 1 unspecified atom stereocenters. The maximum absolute atomic E-state index is 9.89. The molecule has 1 aromatic rings. The second-order valence-electron chi connectivity index (χ2n) is 4.36. The topological polar surface area (TPSA) is 35.5 Å². The van der Waals surface area contributed by atoms with E-state index in [0.717, 1.165) is 23.7 Å². The van der Waals surface area contributed by atoms with Gasteiger partial charge in [-0.25, -0.2) is 0 Å². The van der Waals surface area contributed by atoms with Gasteiger partial charge in [0.25, 0.3) is 0 Å². The molecule has 0 aliphatic rings. The molecule has 0 bridgehead atoms. The minimum Gasteiger partial charge on any atom is -0.390 e. The lowest BCUT2D eigenvalue weighted by atomic mass is 10.2. The molecule has 102 valence electrons. The number of benzene rings is 1. The summed E-state index contributed by atoms with van der Waals surface area (Å²) >= 11 is 6.06. The van der Waals surface area contributed by atoms with Gasteiger partial charge in [0.2, 0.25) is 0 Å². The van der Waals surface area contributed by atoms with Crippen molar-refractivity contribution in [2.24, 2.45) is 0 Å². The molecule has 0 heterocycles. The molecule has 4 heteroatoms. The molecule has 18 heavy (non-hydrogen) atoms. The van der Waals surface area contributed by atoms with E-state index in [-0.39, 0.29) is 6.10 Å². The molecule has 0 aromatic heterocycles. The molecule has 0 aliphatic heterocycles. The minimum absolute atomic E-state index is 0.340. The molecule has 0 aliphatic carbocycles. The maximum Gasteiger partial charge on any atom is 0.0791 e. The van der Waals surface area contributed by atoms with E-state index in [9.17, 15) is 5.11 Å². The van der Waals surface area contributed by atoms with E-state index < -0.39 is 0 Å². The first kappa shape index (κ1) is 15.4. The Bertz CT molecular complexity index is 342. The van der Waals surface area contributed by atoms with Crippen LogP contribution < -0.4 is 5.32 Å². The molecule has 1 aromatic carbocycles. The lowest BCUT2D eigenvalue weighted by Crippen LogP contribution is -2.38. The van der Waals surface area contributed by atoms with Gasteiger partial charge in [0.1, 0.15) is 0 Å². The average molecular weight is 271 g/mol. The Labute approximate surface area is 115 Å². The van der Waals surface area contributed by atoms with E-state index in [1.807, 2.05) is 24.3 Å². The minimum atomic E-state index is -0.340. The van der Waals surface area contributed by atoms with Crippen molar-refractivity contribution in [2.45, 2.75) is 26.5 Å². The molecule has 0 saturated heterocycles. The highest BCUT2D eigenvalue weighted by molar-refractivity contribution is 6.31. The van der Waals surface area contributed by atoms with Crippen LogP contribution in [0.15, 0.2) is 24.3 Å². The van der Waals surface area contributed by atoms with E-state index in [4.69, 9.17) is 11.6 Å². The summed E-state index contributed by atoms with van der Waals surface area (Å²) in [5, 5.41) is 13.9. The lowest BCUT2D eigenvalue weighted by molar-refractivity contribution is 0.116. The van der Waals surface area contributed by atoms with Crippen molar-refractivity contribution in [1.82, 2.24) is 10.2 Å². The van der Waals surface area contributed by atoms with Gasteiger partial charge in [-0.3, -0.25) is 0 Å². The van der Waals surface area contributed by atoms with Crippen molar-refractivity contribution in [2.75, 3.05) is 26.2 Å². The highest BCUT2D eigenvalue weighted by atomic mass is 35.5. The van der Waals surface area contributed by atoms with Crippen LogP contribution in [0.3, 0.4) is 0 Å². The van der Waals surface area contributed by atoms with Crippen molar-refractivity contribution in [3.63, 3.8) is 0 Å². The fourth-order valence-electron chi connectivity index (χ4n) is 1.86. The number of nitrogens with one attached hydrogen (secondary N) is 1. The van der Waals surface area contributed by atoms with Crippen LogP contribution in [-0.2, 0) is 6.54 Å². The summed E-state index contributed by atoms with van der Waals surface area (Å²) in [6.07, 6.45) is -0.340. The molecule has 0 spiro atoms. The van der Waals surface area contributed by atoms with Gasteiger partial charge in [-0.15, -0.1) is 0 Å². The Morgan fingerprint density at radius 2 is 1.94 bits per heavy atom. The molecule has 0 radical (unpaired) electrons. The Kier molecular flexibility index (Phi) is 7.28. The van der Waals surface area contributed by atoms with Crippen LogP contribution in [0.5, 0.6) is 0 Å². The summed E-state index contributed by atoms with van der Waals surface area (Å²) in [5.74, 6) is 0. The Morgan fingerprint density at radius 3 is 2.56 bits per heavy atom. The van der Waals surface area contributed by atoms with Crippen LogP contribution in [-0.4, -0.2) is 42.3 Å². The van der Waals surface area contributed by atoms with Crippen molar-refractivity contribution in [3.8, 4) is 0 Å². The zero-order chi connectivity index (χ0) is 13.4. The largest absolute Gasteiger partial charge is 0.390 e. The number of hydrogen-bond acceptors (Lipinski definition) is 3. The zero-order valence-corrected chi connectivity index (χ0v) is 12.0. The highest BCUT2D eigenvalue weighted by Gasteiger charge is 2.08. The lowest BCUT2D eigenvalue weighted by Gasteiger charge is -2.22. The van der Waals surface area contributed by atoms with Gasteiger partial charge in [0.05, 0.1) is 6.10 Å². The Balaban J connectivity index is 2.27. The summed E-state index contributed by atoms with van der Waals surface area (Å²) in [5.41, 5.74) is 1.06. The second-order valence-corrected chi connectivity index (χ2v) is 4.77. The van der Waals surface area contributed by atoms with Gasteiger partial charge < -0.3 is 15.3 Å². The van der Waals surface area contributed by atoms with Crippen molar-refractivity contribution >= 4 is 11.6 Å². The van der Waals surface area contributed by atoms with Crippen molar-refractivity contribution < 1.29 is 5.11 Å². The second kappa shape index (κ2) is 8.48. The molecular weight excluding hydrogens is 248 g/mol. The number of aliphatic hydroxyl groups is 1. The van der Waals surface area contributed by atoms with Gasteiger partial charge in [0, 0.05) is 24.7 Å². The number of nitrogens with zero attached hydrogens (tertiary/aromatic N) is 1. The van der Waals surface area contributed by atoms with E-state index in [2.05, 4.69) is 24.1 Å². The highest BCUT2D eigenvalue weighted by Crippen LogP contribution is 2.14. The number of hydrogen-bond donors (Lipinski definition) is 2. The SMILES string of the molecule is CCN(CC)CC(O)CNCc1ccccc1Cl. The Hall–Kier alpha value is -0.610. The predicted molar refractivity (Wildman–Crippen MR) is 77.0 cm³/mol. The predicted octanol–water partition coefficient (Wildman–Crippen LogP) is 2.13. The standard InChI is InChI=1S/C14H23ClN2O/c1-3-17(4-2)11-13(18)10-16-9-12-7-5-6-8-14(12)15/h5-8,13,16,18H,3-4,9-11H2,1-2H3. The van der Waals surface area contributed by atoms with E-state index in [0.29, 0.717) is 19.6 Å². The normalized spacial score (nSPS) is 12.9. The van der Waals surface area contributed by atoms with Crippen LogP contribution in [0.2, 0.25) is 5.02 Å². The third-order valence-corrected chi connectivity index (χ3v) is 3.39. The maximum atomic E-state index is 9.89. The fourth-order valence-corrected chi connectivity index (χ4v) is 2.06. The van der Waals surface area contributed by atoms with Crippen LogP contribution in [0.1, 0.15) is 19.4 Å². The number of halogens is 1. The van der Waals surface area contributed by atoms with Crippen LogP contribution >= 0.6 is 11.6 Å². The van der Waals surface area contributed by atoms with Gasteiger partial charge in [-0.05, 0) is 24.7 Å². The van der Waals surface area contributed by atoms with Crippen molar-refractivity contribution in [3.05, 3.63) is 34.9 Å². The summed E-state index contributed by atoms with van der Waals surface area (Å²) < 4.78 is 0.